The van der Waals surface area contributed by atoms with E-state index in [2.05, 4.69) is 15.4 Å². The molecule has 4 N–H and O–H groups in total. The second-order valence-electron chi connectivity index (χ2n) is 4.85. The number of carbonyl (C=O) groups excluding carboxylic acids is 1. The van der Waals surface area contributed by atoms with E-state index in [1.807, 2.05) is 13.8 Å². The average molecular weight is 293 g/mol. The second kappa shape index (κ2) is 6.06. The van der Waals surface area contributed by atoms with Crippen molar-refractivity contribution in [2.45, 2.75) is 26.4 Å². The lowest BCUT2D eigenvalue weighted by Crippen LogP contribution is -2.43. The van der Waals surface area contributed by atoms with Crippen LogP contribution < -0.4 is 16.6 Å². The molecule has 1 unspecified atom stereocenters. The number of aromatic amines is 1. The van der Waals surface area contributed by atoms with Crippen molar-refractivity contribution >= 4 is 11.6 Å². The van der Waals surface area contributed by atoms with Gasteiger partial charge in [0.05, 0.1) is 6.61 Å². The van der Waals surface area contributed by atoms with Gasteiger partial charge in [0.25, 0.3) is 5.56 Å². The Labute approximate surface area is 121 Å². The molecule has 0 fully saturated rings. The fourth-order valence-corrected chi connectivity index (χ4v) is 2.17. The molecule has 8 nitrogen and oxygen atoms in total. The van der Waals surface area contributed by atoms with Gasteiger partial charge in [-0.3, -0.25) is 14.7 Å². The Morgan fingerprint density at radius 2 is 2.29 bits per heavy atom. The smallest absolute Gasteiger partial charge is 0.266 e. The molecule has 1 amide bonds. The highest BCUT2D eigenvalue weighted by atomic mass is 16.5. The maximum Gasteiger partial charge on any atom is 0.266 e. The normalized spacial score (nSPS) is 12.6. The molecule has 0 bridgehead atoms. The topological polar surface area (TPSA) is 115 Å². The SMILES string of the molecule is COCC(N)C(=O)NCc1c(C)nc2cc(=O)[nH]n2c1C. The third-order valence-corrected chi connectivity index (χ3v) is 3.32. The molecule has 21 heavy (non-hydrogen) atoms. The standard InChI is InChI=1S/C13H19N5O3/c1-7-9(5-15-13(20)10(14)6-21-3)8(2)18-11(16-7)4-12(19)17-18/h4,10H,5-6,14H2,1-3H3,(H,15,20)(H,17,19). The number of nitrogens with two attached hydrogens (primary N) is 1. The van der Waals surface area contributed by atoms with Gasteiger partial charge in [-0.2, -0.15) is 0 Å². The number of fused-ring (bicyclic) bond motifs is 1. The summed E-state index contributed by atoms with van der Waals surface area (Å²) in [7, 11) is 1.49. The second-order valence-corrected chi connectivity index (χ2v) is 4.85. The maximum atomic E-state index is 11.8. The largest absolute Gasteiger partial charge is 0.383 e. The molecule has 0 aliphatic carbocycles. The van der Waals surface area contributed by atoms with Crippen molar-refractivity contribution in [2.24, 2.45) is 5.73 Å². The first kappa shape index (κ1) is 15.2. The number of hydrogen-bond donors (Lipinski definition) is 3. The van der Waals surface area contributed by atoms with Crippen LogP contribution in [-0.2, 0) is 16.1 Å². The van der Waals surface area contributed by atoms with Crippen molar-refractivity contribution in [2.75, 3.05) is 13.7 Å². The number of rotatable bonds is 5. The first-order valence-electron chi connectivity index (χ1n) is 6.54. The van der Waals surface area contributed by atoms with Crippen molar-refractivity contribution in [1.29, 1.82) is 0 Å². The number of aromatic nitrogens is 3. The molecule has 2 heterocycles. The Kier molecular flexibility index (Phi) is 4.39. The highest BCUT2D eigenvalue weighted by molar-refractivity contribution is 5.81. The molecule has 0 saturated heterocycles. The third kappa shape index (κ3) is 3.11. The van der Waals surface area contributed by atoms with Gasteiger partial charge in [0, 0.05) is 36.7 Å². The summed E-state index contributed by atoms with van der Waals surface area (Å²) in [6.07, 6.45) is 0. The summed E-state index contributed by atoms with van der Waals surface area (Å²) >= 11 is 0. The summed E-state index contributed by atoms with van der Waals surface area (Å²) in [5.74, 6) is -0.295. The lowest BCUT2D eigenvalue weighted by molar-refractivity contribution is -0.123. The molecule has 2 aromatic heterocycles. The van der Waals surface area contributed by atoms with Crippen molar-refractivity contribution in [3.05, 3.63) is 33.4 Å². The van der Waals surface area contributed by atoms with E-state index in [0.717, 1.165) is 17.0 Å². The Balaban J connectivity index is 2.22. The number of carbonyl (C=O) groups is 1. The average Bonchev–Trinajstić information content (AvgIpc) is 2.79. The number of nitrogens with zero attached hydrogens (tertiary/aromatic N) is 2. The molecular weight excluding hydrogens is 274 g/mol. The number of amides is 1. The van der Waals surface area contributed by atoms with Gasteiger partial charge in [-0.05, 0) is 13.8 Å². The highest BCUT2D eigenvalue weighted by Crippen LogP contribution is 2.12. The van der Waals surface area contributed by atoms with Crippen molar-refractivity contribution < 1.29 is 9.53 Å². The van der Waals surface area contributed by atoms with E-state index in [1.54, 1.807) is 4.52 Å². The Hall–Kier alpha value is -2.19. The lowest BCUT2D eigenvalue weighted by atomic mass is 10.1. The fraction of sp³-hybridized carbons (Fsp3) is 0.462. The number of aryl methyl sites for hydroxylation is 2. The molecular formula is C13H19N5O3. The predicted molar refractivity (Wildman–Crippen MR) is 77.0 cm³/mol. The van der Waals surface area contributed by atoms with Crippen LogP contribution in [0.15, 0.2) is 10.9 Å². The van der Waals surface area contributed by atoms with Crippen LogP contribution in [0.3, 0.4) is 0 Å². The summed E-state index contributed by atoms with van der Waals surface area (Å²) in [6, 6.07) is 0.718. The zero-order valence-electron chi connectivity index (χ0n) is 12.3. The molecule has 0 radical (unpaired) electrons. The summed E-state index contributed by atoms with van der Waals surface area (Å²) in [5.41, 5.74) is 8.41. The Morgan fingerprint density at radius 3 is 2.95 bits per heavy atom. The van der Waals surface area contributed by atoms with Gasteiger partial charge in [0.1, 0.15) is 6.04 Å². The van der Waals surface area contributed by atoms with E-state index in [9.17, 15) is 9.59 Å². The molecule has 8 heteroatoms. The molecule has 0 aromatic carbocycles. The van der Waals surface area contributed by atoms with Gasteiger partial charge >= 0.3 is 0 Å². The van der Waals surface area contributed by atoms with Gasteiger partial charge in [-0.15, -0.1) is 0 Å². The van der Waals surface area contributed by atoms with E-state index in [4.69, 9.17) is 10.5 Å². The van der Waals surface area contributed by atoms with Crippen LogP contribution in [0, 0.1) is 13.8 Å². The highest BCUT2D eigenvalue weighted by Gasteiger charge is 2.15. The molecule has 114 valence electrons. The minimum absolute atomic E-state index is 0.159. The number of nitrogens with one attached hydrogen (secondary N) is 2. The van der Waals surface area contributed by atoms with Gasteiger partial charge < -0.3 is 15.8 Å². The molecule has 2 aromatic rings. The first-order valence-corrected chi connectivity index (χ1v) is 6.54. The summed E-state index contributed by atoms with van der Waals surface area (Å²) < 4.78 is 6.45. The first-order chi connectivity index (χ1) is 9.93. The van der Waals surface area contributed by atoms with Gasteiger partial charge in [-0.1, -0.05) is 0 Å². The molecule has 2 rings (SSSR count). The predicted octanol–water partition coefficient (Wildman–Crippen LogP) is -0.771. The molecule has 0 aliphatic heterocycles. The van der Waals surface area contributed by atoms with Crippen LogP contribution in [0.1, 0.15) is 17.0 Å². The minimum atomic E-state index is -0.710. The van der Waals surface area contributed by atoms with Gasteiger partial charge in [-0.25, -0.2) is 9.50 Å². The van der Waals surface area contributed by atoms with E-state index in [-0.39, 0.29) is 24.6 Å². The van der Waals surface area contributed by atoms with Gasteiger partial charge in [0.15, 0.2) is 5.65 Å². The maximum absolute atomic E-state index is 11.8. The van der Waals surface area contributed by atoms with E-state index in [0.29, 0.717) is 5.65 Å². The summed E-state index contributed by atoms with van der Waals surface area (Å²) in [4.78, 5) is 27.5. The number of ether oxygens (including phenoxy) is 1. The van der Waals surface area contributed by atoms with Crippen LogP contribution in [0.25, 0.3) is 5.65 Å². The van der Waals surface area contributed by atoms with E-state index >= 15 is 0 Å². The van der Waals surface area contributed by atoms with E-state index in [1.165, 1.54) is 13.2 Å². The van der Waals surface area contributed by atoms with Crippen LogP contribution in [0.4, 0.5) is 0 Å². The van der Waals surface area contributed by atoms with Crippen molar-refractivity contribution in [1.82, 2.24) is 19.9 Å². The monoisotopic (exact) mass is 293 g/mol. The van der Waals surface area contributed by atoms with Crippen molar-refractivity contribution in [3.63, 3.8) is 0 Å². The Bertz CT molecular complexity index is 718. The summed E-state index contributed by atoms with van der Waals surface area (Å²) in [6.45, 7) is 4.14. The molecule has 0 saturated carbocycles. The van der Waals surface area contributed by atoms with Crippen molar-refractivity contribution in [3.8, 4) is 0 Å². The quantitative estimate of drug-likeness (QED) is 0.669. The number of hydrogen-bond acceptors (Lipinski definition) is 5. The zero-order chi connectivity index (χ0) is 15.6. The molecule has 1 atom stereocenters. The minimum Gasteiger partial charge on any atom is -0.383 e. The van der Waals surface area contributed by atoms with Crippen LogP contribution in [0.2, 0.25) is 0 Å². The van der Waals surface area contributed by atoms with E-state index < -0.39 is 6.04 Å². The van der Waals surface area contributed by atoms with Crippen LogP contribution in [0.5, 0.6) is 0 Å². The third-order valence-electron chi connectivity index (χ3n) is 3.32. The summed E-state index contributed by atoms with van der Waals surface area (Å²) in [5, 5.41) is 5.41. The molecule has 0 aliphatic rings. The molecule has 0 spiro atoms. The number of methoxy groups -OCH3 is 1. The van der Waals surface area contributed by atoms with Crippen LogP contribution in [-0.4, -0.2) is 40.3 Å². The van der Waals surface area contributed by atoms with Gasteiger partial charge in [0.2, 0.25) is 5.91 Å². The Morgan fingerprint density at radius 1 is 1.57 bits per heavy atom. The number of H-pyrrole nitrogens is 1. The van der Waals surface area contributed by atoms with Crippen LogP contribution >= 0.6 is 0 Å². The fourth-order valence-electron chi connectivity index (χ4n) is 2.17. The lowest BCUT2D eigenvalue weighted by Gasteiger charge is -2.14. The zero-order valence-corrected chi connectivity index (χ0v) is 12.3.